The molecule has 0 unspecified atom stereocenters. The summed E-state index contributed by atoms with van der Waals surface area (Å²) < 4.78 is 1.48. The minimum atomic E-state index is -0.317. The van der Waals surface area contributed by atoms with Gasteiger partial charge in [0.1, 0.15) is 0 Å². The van der Waals surface area contributed by atoms with E-state index in [-0.39, 0.29) is 11.4 Å². The average molecular weight is 264 g/mol. The van der Waals surface area contributed by atoms with Crippen molar-refractivity contribution in [3.8, 4) is 23.0 Å². The van der Waals surface area contributed by atoms with Crippen LogP contribution in [-0.2, 0) is 0 Å². The quantitative estimate of drug-likeness (QED) is 0.774. The summed E-state index contributed by atoms with van der Waals surface area (Å²) in [6, 6.07) is 19.6. The van der Waals surface area contributed by atoms with E-state index >= 15 is 0 Å². The molecule has 20 heavy (non-hydrogen) atoms. The van der Waals surface area contributed by atoms with Gasteiger partial charge < -0.3 is 5.11 Å². The Morgan fingerprint density at radius 1 is 0.900 bits per heavy atom. The highest BCUT2D eigenvalue weighted by Gasteiger charge is 2.11. The van der Waals surface area contributed by atoms with E-state index in [2.05, 4.69) is 4.98 Å². The van der Waals surface area contributed by atoms with Crippen LogP contribution in [0, 0.1) is 0 Å². The lowest BCUT2D eigenvalue weighted by atomic mass is 10.2. The third kappa shape index (κ3) is 2.19. The normalized spacial score (nSPS) is 10.4. The first-order chi connectivity index (χ1) is 9.75. The van der Waals surface area contributed by atoms with E-state index < -0.39 is 0 Å². The number of rotatable bonds is 2. The molecule has 0 bridgehead atoms. The Balaban J connectivity index is 2.32. The smallest absolute Gasteiger partial charge is 0.262 e. The maximum absolute atomic E-state index is 12.2. The zero-order chi connectivity index (χ0) is 13.9. The van der Waals surface area contributed by atoms with Gasteiger partial charge in [-0.05, 0) is 12.1 Å². The summed E-state index contributed by atoms with van der Waals surface area (Å²) in [7, 11) is 0. The van der Waals surface area contributed by atoms with E-state index in [0.29, 0.717) is 11.5 Å². The summed E-state index contributed by atoms with van der Waals surface area (Å²) in [6.45, 7) is 0. The molecule has 1 N–H and O–H groups in total. The van der Waals surface area contributed by atoms with Crippen molar-refractivity contribution in [3.63, 3.8) is 0 Å². The van der Waals surface area contributed by atoms with E-state index in [0.717, 1.165) is 11.6 Å². The van der Waals surface area contributed by atoms with Crippen molar-refractivity contribution in [2.75, 3.05) is 0 Å². The molecule has 4 heteroatoms. The number of aromatic nitrogens is 2. The Morgan fingerprint density at radius 2 is 1.50 bits per heavy atom. The van der Waals surface area contributed by atoms with Gasteiger partial charge in [-0.25, -0.2) is 0 Å². The number of hydrogen-bond acceptors (Lipinski definition) is 3. The molecule has 0 amide bonds. The van der Waals surface area contributed by atoms with Crippen LogP contribution in [0.15, 0.2) is 71.5 Å². The topological polar surface area (TPSA) is 55.1 Å². The van der Waals surface area contributed by atoms with Crippen molar-refractivity contribution < 1.29 is 5.11 Å². The van der Waals surface area contributed by atoms with Crippen LogP contribution in [0.3, 0.4) is 0 Å². The molecule has 0 aliphatic carbocycles. The second kappa shape index (κ2) is 5.01. The molecular formula is C16H12N2O2. The van der Waals surface area contributed by atoms with Crippen molar-refractivity contribution in [2.45, 2.75) is 0 Å². The molecule has 2 aromatic carbocycles. The molecule has 0 saturated heterocycles. The van der Waals surface area contributed by atoms with E-state index in [1.165, 1.54) is 4.57 Å². The first-order valence-corrected chi connectivity index (χ1v) is 6.19. The highest BCUT2D eigenvalue weighted by molar-refractivity contribution is 5.58. The Morgan fingerprint density at radius 3 is 2.15 bits per heavy atom. The third-order valence-corrected chi connectivity index (χ3v) is 2.95. The Kier molecular flexibility index (Phi) is 3.05. The molecule has 4 nitrogen and oxygen atoms in total. The summed E-state index contributed by atoms with van der Waals surface area (Å²) in [5.74, 6) is 0.142. The molecule has 3 aromatic rings. The van der Waals surface area contributed by atoms with Crippen molar-refractivity contribution in [1.82, 2.24) is 9.55 Å². The summed E-state index contributed by atoms with van der Waals surface area (Å²) in [5.41, 5.74) is 1.16. The van der Waals surface area contributed by atoms with Crippen molar-refractivity contribution in [2.24, 2.45) is 0 Å². The molecule has 0 fully saturated rings. The van der Waals surface area contributed by atoms with E-state index in [9.17, 15) is 9.90 Å². The first-order valence-electron chi connectivity index (χ1n) is 6.19. The van der Waals surface area contributed by atoms with Gasteiger partial charge in [-0.1, -0.05) is 48.5 Å². The van der Waals surface area contributed by atoms with Gasteiger partial charge in [0.05, 0.1) is 11.8 Å². The monoisotopic (exact) mass is 264 g/mol. The lowest BCUT2D eigenvalue weighted by Crippen LogP contribution is -2.20. The van der Waals surface area contributed by atoms with Crippen LogP contribution in [0.5, 0.6) is 5.88 Å². The summed E-state index contributed by atoms with van der Waals surface area (Å²) in [4.78, 5) is 16.3. The zero-order valence-corrected chi connectivity index (χ0v) is 10.6. The summed E-state index contributed by atoms with van der Waals surface area (Å²) >= 11 is 0. The molecule has 98 valence electrons. The third-order valence-electron chi connectivity index (χ3n) is 2.95. The number of para-hydroxylation sites is 1. The maximum atomic E-state index is 12.2. The Labute approximate surface area is 115 Å². The van der Waals surface area contributed by atoms with Crippen molar-refractivity contribution in [1.29, 1.82) is 0 Å². The highest BCUT2D eigenvalue weighted by atomic mass is 16.3. The molecule has 0 aliphatic rings. The molecule has 1 heterocycles. The fourth-order valence-electron chi connectivity index (χ4n) is 2.08. The van der Waals surface area contributed by atoms with Gasteiger partial charge in [0.25, 0.3) is 5.56 Å². The molecule has 0 saturated carbocycles. The summed E-state index contributed by atoms with van der Waals surface area (Å²) in [6.07, 6.45) is 0. The van der Waals surface area contributed by atoms with E-state index in [1.54, 1.807) is 0 Å². The molecular weight excluding hydrogens is 252 g/mol. The molecule has 0 atom stereocenters. The van der Waals surface area contributed by atoms with E-state index in [1.807, 2.05) is 60.7 Å². The van der Waals surface area contributed by atoms with Gasteiger partial charge >= 0.3 is 0 Å². The van der Waals surface area contributed by atoms with Gasteiger partial charge in [0.2, 0.25) is 5.88 Å². The van der Waals surface area contributed by atoms with Crippen LogP contribution in [0.25, 0.3) is 17.1 Å². The summed E-state index contributed by atoms with van der Waals surface area (Å²) in [5, 5.41) is 9.60. The minimum Gasteiger partial charge on any atom is -0.493 e. The molecule has 0 radical (unpaired) electrons. The molecule has 0 aliphatic heterocycles. The fraction of sp³-hybridized carbons (Fsp3) is 0. The molecule has 0 spiro atoms. The molecule has 1 aromatic heterocycles. The molecule has 3 rings (SSSR count). The standard InChI is InChI=1S/C16H12N2O2/c19-14-11-15(20)18(13-9-5-2-6-10-13)16(17-14)12-7-3-1-4-8-12/h1-11,19H. The maximum Gasteiger partial charge on any atom is 0.262 e. The van der Waals surface area contributed by atoms with E-state index in [4.69, 9.17) is 0 Å². The van der Waals surface area contributed by atoms with Gasteiger partial charge in [-0.3, -0.25) is 9.36 Å². The average Bonchev–Trinajstić information content (AvgIpc) is 2.48. The Hall–Kier alpha value is -2.88. The van der Waals surface area contributed by atoms with Crippen LogP contribution in [0.2, 0.25) is 0 Å². The van der Waals surface area contributed by atoms with Gasteiger partial charge in [0.15, 0.2) is 5.82 Å². The fourth-order valence-corrected chi connectivity index (χ4v) is 2.08. The number of aromatic hydroxyl groups is 1. The predicted octanol–water partition coefficient (Wildman–Crippen LogP) is 2.61. The number of hydrogen-bond donors (Lipinski definition) is 1. The SMILES string of the molecule is O=c1cc(O)nc(-c2ccccc2)n1-c1ccccc1. The minimum absolute atomic E-state index is 0.277. The van der Waals surface area contributed by atoms with Crippen LogP contribution < -0.4 is 5.56 Å². The predicted molar refractivity (Wildman–Crippen MR) is 76.9 cm³/mol. The van der Waals surface area contributed by atoms with Crippen LogP contribution >= 0.6 is 0 Å². The second-order valence-electron chi connectivity index (χ2n) is 4.31. The van der Waals surface area contributed by atoms with Crippen molar-refractivity contribution in [3.05, 3.63) is 77.1 Å². The number of nitrogens with zero attached hydrogens (tertiary/aromatic N) is 2. The lowest BCUT2D eigenvalue weighted by molar-refractivity contribution is 0.450. The highest BCUT2D eigenvalue weighted by Crippen LogP contribution is 2.20. The van der Waals surface area contributed by atoms with Crippen molar-refractivity contribution >= 4 is 0 Å². The van der Waals surface area contributed by atoms with Gasteiger partial charge in [-0.15, -0.1) is 0 Å². The zero-order valence-electron chi connectivity index (χ0n) is 10.6. The largest absolute Gasteiger partial charge is 0.493 e. The lowest BCUT2D eigenvalue weighted by Gasteiger charge is -2.12. The van der Waals surface area contributed by atoms with Crippen LogP contribution in [0.1, 0.15) is 0 Å². The van der Waals surface area contributed by atoms with Gasteiger partial charge in [-0.2, -0.15) is 4.98 Å². The number of benzene rings is 2. The van der Waals surface area contributed by atoms with Crippen LogP contribution in [-0.4, -0.2) is 14.7 Å². The Bertz CT molecular complexity index is 781. The van der Waals surface area contributed by atoms with Gasteiger partial charge in [0, 0.05) is 5.56 Å². The second-order valence-corrected chi connectivity index (χ2v) is 4.31. The van der Waals surface area contributed by atoms with Crippen LogP contribution in [0.4, 0.5) is 0 Å². The first kappa shape index (κ1) is 12.2.